The van der Waals surface area contributed by atoms with E-state index in [1.807, 2.05) is 88.6 Å². The average molecular weight is 1900 g/mol. The summed E-state index contributed by atoms with van der Waals surface area (Å²) in [7, 11) is 6.87. The summed E-state index contributed by atoms with van der Waals surface area (Å²) in [6, 6.07) is 52.8. The lowest BCUT2D eigenvalue weighted by molar-refractivity contribution is -0.139. The van der Waals surface area contributed by atoms with Crippen LogP contribution in [0.1, 0.15) is 195 Å². The molecular weight excluding hydrogens is 1790 g/mol. The molecule has 9 aliphatic carbocycles. The monoisotopic (exact) mass is 1900 g/mol. The number of alkyl halides is 1. The van der Waals surface area contributed by atoms with Gasteiger partial charge in [0, 0.05) is 152 Å². The lowest BCUT2D eigenvalue weighted by Crippen LogP contribution is -2.56. The molecule has 18 nitrogen and oxygen atoms in total. The van der Waals surface area contributed by atoms with Crippen molar-refractivity contribution in [3.05, 3.63) is 270 Å². The van der Waals surface area contributed by atoms with Crippen molar-refractivity contribution < 1.29 is 28.6 Å². The lowest BCUT2D eigenvalue weighted by Gasteiger charge is -2.46. The molecular formula is C108H111ClN12O6S6. The SMILES string of the molecule is C.CN.COC1CCC2(CC1)Cc1ccc(C#CC3CC3)cc1C21N=C(N)N(Cc2cccc(-c3nccs3)c2)C1=O.COC1CCC2(CC1)Cc1ccc(C#CC3CC3)cc1C21N=C(SCc2cccc(-c3nccs3)c2)N(Cc2cccc(-c3nccs3)c2)C1=O.COC1CCC2(CC1)Cc1ccc(C#CC3CC3)cc1C21NC(=S)NC1=O.ClCc1cccc(-c2nccs2)c1. The Labute approximate surface area is 811 Å². The number of hydrogen-bond acceptors (Lipinski definition) is 20. The number of methoxy groups -OCH3 is 3. The molecule has 3 amide bonds. The summed E-state index contributed by atoms with van der Waals surface area (Å²) in [4.78, 5) is 75.8. The second-order valence-corrected chi connectivity index (χ2v) is 41.9. The van der Waals surface area contributed by atoms with Gasteiger partial charge >= 0.3 is 0 Å². The first-order valence-corrected chi connectivity index (χ1v) is 51.4. The standard InChI is InChI=1S/C42H38N4O2S3.C32H32N4O2S.C22H24N2O2S.C10H8ClNS.CH5N.CH4/c1-48-35-14-16-41(17-15-35)25-34-13-12-29(11-10-28-8-9-28)24-36(34)42(41)39(47)46(26-30-4-2-6-32(22-30)37-43-18-20-49-37)40(45-42)51-27-31-5-3-7-33(23-31)38-44-19-21-50-38;1-38-26-11-13-31(14-12-26)19-25-10-9-22(8-7-21-5-6-21)18-27(25)32(31)29(37)36(30(33)35-32)20-23-3-2-4-24(17-23)28-34-15-16-39-28;1-26-17-8-10-21(11-9-17)13-16-7-6-15(5-4-14-2-3-14)12-18(16)22(21)19(25)23-20(27)24-22;11-7-8-2-1-3-9(6-8)10-12-4-5-13-10;1-2;/h2-7,12-13,18-24,28,35H,8-9,14-17,25-27H2,1H3;2-4,9-10,15-18,21,26H,5-6,11-14,19-20H2,1H3,(H2,33,35);6-7,12,14,17H,2-3,8-11,13H2,1H3,(H2,23,24,25,27);1-6H,7H2;2H2,1H3;1H4. The number of aliphatic imine (C=N–C) groups is 2. The maximum absolute atomic E-state index is 15.6. The predicted octanol–water partition coefficient (Wildman–Crippen LogP) is 21.1. The zero-order valence-corrected chi connectivity index (χ0v) is 80.4. The average Bonchev–Trinajstić information content (AvgIpc) is 1.55. The van der Waals surface area contributed by atoms with Gasteiger partial charge in [0.2, 0.25) is 0 Å². The van der Waals surface area contributed by atoms with E-state index < -0.39 is 16.6 Å². The number of nitrogens with one attached hydrogen (secondary N) is 2. The van der Waals surface area contributed by atoms with E-state index >= 15 is 4.79 Å². The quantitative estimate of drug-likeness (QED) is 0.0450. The molecule has 1 saturated heterocycles. The molecule has 6 N–H and O–H groups in total. The largest absolute Gasteiger partial charge is 0.381 e. The highest BCUT2D eigenvalue weighted by Crippen LogP contribution is 2.65. The van der Waals surface area contributed by atoms with Crippen molar-refractivity contribution in [3.8, 4) is 77.8 Å². The molecule has 3 atom stereocenters. The number of amides is 3. The Hall–Kier alpha value is -10.3. The van der Waals surface area contributed by atoms with Gasteiger partial charge in [-0.05, 0) is 270 Å². The first kappa shape index (κ1) is 93.1. The Bertz CT molecular complexity index is 6390. The highest BCUT2D eigenvalue weighted by atomic mass is 35.5. The van der Waals surface area contributed by atoms with Crippen molar-refractivity contribution in [2.24, 2.45) is 55.5 Å². The summed E-state index contributed by atoms with van der Waals surface area (Å²) in [5, 5.41) is 19.5. The number of halogens is 1. The maximum Gasteiger partial charge on any atom is 0.262 e. The number of nitrogens with two attached hydrogens (primary N) is 2. The Morgan fingerprint density at radius 3 is 1.22 bits per heavy atom. The second kappa shape index (κ2) is 39.9. The van der Waals surface area contributed by atoms with E-state index in [1.165, 1.54) is 67.8 Å². The highest BCUT2D eigenvalue weighted by Gasteiger charge is 2.70. The summed E-state index contributed by atoms with van der Waals surface area (Å²) in [5.41, 5.74) is 26.0. The number of aromatic nitrogens is 4. The van der Waals surface area contributed by atoms with E-state index in [-0.39, 0.29) is 59.7 Å². The van der Waals surface area contributed by atoms with Crippen molar-refractivity contribution in [1.82, 2.24) is 40.4 Å². The van der Waals surface area contributed by atoms with E-state index in [2.05, 4.69) is 193 Å². The van der Waals surface area contributed by atoms with Crippen LogP contribution >= 0.6 is 80.9 Å². The summed E-state index contributed by atoms with van der Waals surface area (Å²) in [6.07, 6.45) is 28.8. The number of nitrogens with zero attached hydrogens (tertiary/aromatic N) is 8. The van der Waals surface area contributed by atoms with Gasteiger partial charge < -0.3 is 36.3 Å². The van der Waals surface area contributed by atoms with Crippen LogP contribution in [0.5, 0.6) is 0 Å². The molecule has 6 saturated carbocycles. The van der Waals surface area contributed by atoms with E-state index in [0.29, 0.717) is 53.5 Å². The van der Waals surface area contributed by atoms with Crippen LogP contribution in [-0.4, -0.2) is 110 Å². The summed E-state index contributed by atoms with van der Waals surface area (Å²) in [6.45, 7) is 0.820. The lowest BCUT2D eigenvalue weighted by atomic mass is 9.61. The second-order valence-electron chi connectivity index (χ2n) is 36.7. The number of hydrogen-bond donors (Lipinski definition) is 4. The Balaban J connectivity index is 0.000000127. The number of amidine groups is 1. The number of thiazole rings is 4. The van der Waals surface area contributed by atoms with Gasteiger partial charge in [-0.15, -0.1) is 56.9 Å². The summed E-state index contributed by atoms with van der Waals surface area (Å²) >= 11 is 19.3. The van der Waals surface area contributed by atoms with E-state index in [4.69, 9.17) is 53.7 Å². The molecule has 3 aliphatic heterocycles. The van der Waals surface area contributed by atoms with Crippen LogP contribution in [-0.2, 0) is 89.2 Å². The van der Waals surface area contributed by atoms with Crippen molar-refractivity contribution >= 4 is 115 Å². The number of rotatable bonds is 14. The van der Waals surface area contributed by atoms with Crippen molar-refractivity contribution in [2.75, 3.05) is 28.4 Å². The summed E-state index contributed by atoms with van der Waals surface area (Å²) < 4.78 is 17.2. The minimum atomic E-state index is -1.02. The molecule has 0 radical (unpaired) electrons. The van der Waals surface area contributed by atoms with Crippen LogP contribution in [0.4, 0.5) is 0 Å². The minimum Gasteiger partial charge on any atom is -0.381 e. The molecule has 4 aromatic heterocycles. The molecule has 12 aliphatic rings. The van der Waals surface area contributed by atoms with Gasteiger partial charge in [0.1, 0.15) is 20.0 Å². The zero-order chi connectivity index (χ0) is 90.8. The van der Waals surface area contributed by atoms with E-state index in [0.717, 1.165) is 194 Å². The van der Waals surface area contributed by atoms with Crippen LogP contribution < -0.4 is 22.1 Å². The van der Waals surface area contributed by atoms with Crippen molar-refractivity contribution in [3.63, 3.8) is 0 Å². The molecule has 23 rings (SSSR count). The number of benzene rings is 7. The third-order valence-electron chi connectivity index (χ3n) is 28.8. The van der Waals surface area contributed by atoms with Crippen LogP contribution in [0, 0.1) is 69.5 Å². The van der Waals surface area contributed by atoms with Crippen molar-refractivity contribution in [2.45, 2.75) is 202 Å². The maximum atomic E-state index is 15.6. The van der Waals surface area contributed by atoms with Gasteiger partial charge in [0.05, 0.1) is 31.4 Å². The molecule has 25 heteroatoms. The van der Waals surface area contributed by atoms with Gasteiger partial charge in [0.15, 0.2) is 32.9 Å². The van der Waals surface area contributed by atoms with Gasteiger partial charge in [-0.3, -0.25) is 24.2 Å². The van der Waals surface area contributed by atoms with Crippen LogP contribution in [0.2, 0.25) is 0 Å². The number of thioether (sulfide) groups is 1. The van der Waals surface area contributed by atoms with Gasteiger partial charge in [0.25, 0.3) is 17.7 Å². The molecule has 3 unspecified atom stereocenters. The predicted molar refractivity (Wildman–Crippen MR) is 541 cm³/mol. The smallest absolute Gasteiger partial charge is 0.262 e. The molecule has 7 fully saturated rings. The van der Waals surface area contributed by atoms with Crippen molar-refractivity contribution in [1.29, 1.82) is 0 Å². The zero-order valence-electron chi connectivity index (χ0n) is 74.7. The Kier molecular flexibility index (Phi) is 27.9. The first-order valence-electron chi connectivity index (χ1n) is 46.0. The normalized spacial score (nSPS) is 25.2. The van der Waals surface area contributed by atoms with Gasteiger partial charge in [-0.2, -0.15) is 0 Å². The molecule has 11 aromatic rings. The van der Waals surface area contributed by atoms with Crippen LogP contribution in [0.15, 0.2) is 208 Å². The third kappa shape index (κ3) is 18.5. The number of guanidine groups is 1. The van der Waals surface area contributed by atoms with E-state index in [1.54, 1.807) is 76.2 Å². The molecule has 0 bridgehead atoms. The van der Waals surface area contributed by atoms with E-state index in [9.17, 15) is 9.59 Å². The molecule has 7 heterocycles. The molecule has 133 heavy (non-hydrogen) atoms. The van der Waals surface area contributed by atoms with Gasteiger partial charge in [-0.1, -0.05) is 146 Å². The molecule has 6 spiro atoms. The summed E-state index contributed by atoms with van der Waals surface area (Å²) in [5.74, 6) is 23.5. The number of fused-ring (bicyclic) bond motifs is 9. The Morgan fingerprint density at radius 1 is 0.466 bits per heavy atom. The fraction of sp³-hybridized carbons (Fsp3) is 0.389. The number of thiocarbonyl (C=S) groups is 1. The third-order valence-corrected chi connectivity index (χ3v) is 33.6. The van der Waals surface area contributed by atoms with Crippen LogP contribution in [0.3, 0.4) is 0 Å². The number of carbonyl (C=O) groups excluding carboxylic acids is 3. The number of carbonyl (C=O) groups is 3. The number of ether oxygens (including phenoxy) is 3. The topological polar surface area (TPSA) is 238 Å². The fourth-order valence-electron chi connectivity index (χ4n) is 21.5. The van der Waals surface area contributed by atoms with Gasteiger partial charge in [-0.25, -0.2) is 29.9 Å². The van der Waals surface area contributed by atoms with Crippen LogP contribution in [0.25, 0.3) is 42.3 Å². The minimum absolute atomic E-state index is 0. The molecule has 7 aromatic carbocycles. The first-order chi connectivity index (χ1) is 64.5. The fourth-order valence-corrected chi connectivity index (χ4v) is 25.5. The Morgan fingerprint density at radius 2 is 0.827 bits per heavy atom. The molecule has 682 valence electrons. The highest BCUT2D eigenvalue weighted by molar-refractivity contribution is 8.13.